The van der Waals surface area contributed by atoms with Gasteiger partial charge in [-0.05, 0) is 30.7 Å². The maximum Gasteiger partial charge on any atom is 0.338 e. The molecule has 0 spiro atoms. The van der Waals surface area contributed by atoms with Gasteiger partial charge in [-0.15, -0.1) is 0 Å². The highest BCUT2D eigenvalue weighted by atomic mass is 16.5. The second-order valence-electron chi connectivity index (χ2n) is 5.28. The lowest BCUT2D eigenvalue weighted by molar-refractivity contribution is 0.0478. The minimum Gasteiger partial charge on any atom is -0.497 e. The van der Waals surface area contributed by atoms with Crippen LogP contribution in [0.4, 0.5) is 0 Å². The summed E-state index contributed by atoms with van der Waals surface area (Å²) in [5, 5.41) is 0. The van der Waals surface area contributed by atoms with Crippen LogP contribution in [0.3, 0.4) is 0 Å². The third-order valence-corrected chi connectivity index (χ3v) is 3.62. The third-order valence-electron chi connectivity index (χ3n) is 3.62. The summed E-state index contributed by atoms with van der Waals surface area (Å²) in [5.41, 5.74) is 1.15. The molecule has 0 saturated heterocycles. The van der Waals surface area contributed by atoms with Gasteiger partial charge in [-0.25, -0.2) is 4.79 Å². The lowest BCUT2D eigenvalue weighted by atomic mass is 9.97. The van der Waals surface area contributed by atoms with Gasteiger partial charge < -0.3 is 9.47 Å². The minimum atomic E-state index is -0.396. The van der Waals surface area contributed by atoms with Crippen molar-refractivity contribution in [1.82, 2.24) is 0 Å². The largest absolute Gasteiger partial charge is 0.497 e. The van der Waals surface area contributed by atoms with E-state index >= 15 is 0 Å². The van der Waals surface area contributed by atoms with E-state index in [0.29, 0.717) is 23.3 Å². The van der Waals surface area contributed by atoms with Crippen LogP contribution in [0.15, 0.2) is 54.6 Å². The van der Waals surface area contributed by atoms with Crippen molar-refractivity contribution in [3.63, 3.8) is 0 Å². The van der Waals surface area contributed by atoms with Crippen molar-refractivity contribution in [2.24, 2.45) is 5.92 Å². The molecule has 120 valence electrons. The Morgan fingerprint density at radius 3 is 2.22 bits per heavy atom. The van der Waals surface area contributed by atoms with E-state index in [4.69, 9.17) is 9.47 Å². The van der Waals surface area contributed by atoms with Gasteiger partial charge in [0.1, 0.15) is 5.75 Å². The molecule has 0 aliphatic carbocycles. The van der Waals surface area contributed by atoms with Crippen LogP contribution in [0, 0.1) is 5.92 Å². The summed E-state index contributed by atoms with van der Waals surface area (Å²) < 4.78 is 10.3. The van der Waals surface area contributed by atoms with Crippen molar-refractivity contribution in [2.45, 2.75) is 13.3 Å². The summed E-state index contributed by atoms with van der Waals surface area (Å²) in [4.78, 5) is 24.1. The molecule has 2 aromatic rings. The zero-order valence-electron chi connectivity index (χ0n) is 13.3. The van der Waals surface area contributed by atoms with Gasteiger partial charge in [-0.2, -0.15) is 0 Å². The predicted octanol–water partition coefficient (Wildman–Crippen LogP) is 3.76. The van der Waals surface area contributed by atoms with Crippen LogP contribution in [0.1, 0.15) is 34.1 Å². The van der Waals surface area contributed by atoms with Crippen LogP contribution in [-0.2, 0) is 4.74 Å². The van der Waals surface area contributed by atoms with Crippen molar-refractivity contribution in [2.75, 3.05) is 13.7 Å². The Labute approximate surface area is 136 Å². The van der Waals surface area contributed by atoms with Gasteiger partial charge in [0, 0.05) is 11.5 Å². The lowest BCUT2D eigenvalue weighted by Gasteiger charge is -2.11. The minimum absolute atomic E-state index is 0.0612. The summed E-state index contributed by atoms with van der Waals surface area (Å²) in [5.74, 6) is 0.155. The van der Waals surface area contributed by atoms with E-state index in [1.807, 2.05) is 25.1 Å². The van der Waals surface area contributed by atoms with Crippen molar-refractivity contribution >= 4 is 11.8 Å². The molecule has 0 fully saturated rings. The number of hydrogen-bond donors (Lipinski definition) is 0. The van der Waals surface area contributed by atoms with Crippen LogP contribution < -0.4 is 4.74 Å². The molecule has 0 saturated carbocycles. The summed E-state index contributed by atoms with van der Waals surface area (Å²) >= 11 is 0. The van der Waals surface area contributed by atoms with Crippen molar-refractivity contribution in [3.05, 3.63) is 65.7 Å². The maximum absolute atomic E-state index is 12.2. The first-order chi connectivity index (χ1) is 11.1. The van der Waals surface area contributed by atoms with E-state index < -0.39 is 5.97 Å². The molecule has 1 unspecified atom stereocenters. The smallest absolute Gasteiger partial charge is 0.338 e. The average molecular weight is 312 g/mol. The molecular weight excluding hydrogens is 292 g/mol. The molecule has 1 atom stereocenters. The molecule has 0 bridgehead atoms. The quantitative estimate of drug-likeness (QED) is 0.577. The number of benzene rings is 2. The van der Waals surface area contributed by atoms with Crippen LogP contribution in [0.2, 0.25) is 0 Å². The maximum atomic E-state index is 12.2. The zero-order chi connectivity index (χ0) is 16.7. The zero-order valence-corrected chi connectivity index (χ0v) is 13.3. The molecular formula is C19H20O4. The molecule has 0 aliphatic rings. The first-order valence-electron chi connectivity index (χ1n) is 7.52. The lowest BCUT2D eigenvalue weighted by Crippen LogP contribution is -2.15. The van der Waals surface area contributed by atoms with Crippen LogP contribution >= 0.6 is 0 Å². The van der Waals surface area contributed by atoms with Gasteiger partial charge in [0.15, 0.2) is 5.78 Å². The molecule has 0 aliphatic heterocycles. The van der Waals surface area contributed by atoms with Gasteiger partial charge in [-0.3, -0.25) is 4.79 Å². The van der Waals surface area contributed by atoms with Gasteiger partial charge in [0.25, 0.3) is 0 Å². The summed E-state index contributed by atoms with van der Waals surface area (Å²) in [7, 11) is 1.57. The predicted molar refractivity (Wildman–Crippen MR) is 87.8 cm³/mol. The molecule has 2 rings (SSSR count). The van der Waals surface area contributed by atoms with Crippen LogP contribution in [-0.4, -0.2) is 25.5 Å². The van der Waals surface area contributed by atoms with Gasteiger partial charge in [0.2, 0.25) is 0 Å². The van der Waals surface area contributed by atoms with E-state index in [1.54, 1.807) is 43.5 Å². The molecule has 0 N–H and O–H groups in total. The average Bonchev–Trinajstić information content (AvgIpc) is 2.61. The second kappa shape index (κ2) is 8.13. The monoisotopic (exact) mass is 312 g/mol. The van der Waals surface area contributed by atoms with Gasteiger partial charge >= 0.3 is 5.97 Å². The first kappa shape index (κ1) is 16.7. The Hall–Kier alpha value is -2.62. The number of hydrogen-bond acceptors (Lipinski definition) is 4. The fraction of sp³-hybridized carbons (Fsp3) is 0.263. The molecule has 4 heteroatoms. The van der Waals surface area contributed by atoms with Crippen molar-refractivity contribution in [1.29, 1.82) is 0 Å². The number of Topliss-reactive ketones (excluding diaryl/α,β-unsaturated/α-hetero) is 1. The highest BCUT2D eigenvalue weighted by molar-refractivity contribution is 5.97. The summed E-state index contributed by atoms with van der Waals surface area (Å²) in [6.45, 7) is 2.06. The Morgan fingerprint density at radius 1 is 0.957 bits per heavy atom. The SMILES string of the molecule is COc1ccc(C(=O)OCCC(C)C(=O)c2ccccc2)cc1. The van der Waals surface area contributed by atoms with E-state index in [9.17, 15) is 9.59 Å². The molecule has 0 amide bonds. The van der Waals surface area contributed by atoms with Crippen LogP contribution in [0.5, 0.6) is 5.75 Å². The van der Waals surface area contributed by atoms with Crippen molar-refractivity contribution in [3.8, 4) is 5.75 Å². The molecule has 0 heterocycles. The molecule has 4 nitrogen and oxygen atoms in total. The first-order valence-corrected chi connectivity index (χ1v) is 7.52. The number of rotatable bonds is 7. The Morgan fingerprint density at radius 2 is 1.61 bits per heavy atom. The topological polar surface area (TPSA) is 52.6 Å². The number of methoxy groups -OCH3 is 1. The van der Waals surface area contributed by atoms with E-state index in [-0.39, 0.29) is 18.3 Å². The summed E-state index contributed by atoms with van der Waals surface area (Å²) in [6, 6.07) is 15.9. The Bertz CT molecular complexity index is 647. The fourth-order valence-electron chi connectivity index (χ4n) is 2.16. The third kappa shape index (κ3) is 4.68. The Balaban J connectivity index is 1.81. The standard InChI is InChI=1S/C19H20O4/c1-14(18(20)15-6-4-3-5-7-15)12-13-23-19(21)16-8-10-17(22-2)11-9-16/h3-11,14H,12-13H2,1-2H3. The number of esters is 1. The molecule has 23 heavy (non-hydrogen) atoms. The fourth-order valence-corrected chi connectivity index (χ4v) is 2.16. The number of carbonyl (C=O) groups excluding carboxylic acids is 2. The number of ether oxygens (including phenoxy) is 2. The van der Waals surface area contributed by atoms with E-state index in [2.05, 4.69) is 0 Å². The summed E-state index contributed by atoms with van der Waals surface area (Å²) in [6.07, 6.45) is 0.496. The van der Waals surface area contributed by atoms with E-state index in [1.165, 1.54) is 0 Å². The second-order valence-corrected chi connectivity index (χ2v) is 5.28. The molecule has 2 aromatic carbocycles. The molecule has 0 radical (unpaired) electrons. The van der Waals surface area contributed by atoms with E-state index in [0.717, 1.165) is 0 Å². The number of carbonyl (C=O) groups is 2. The van der Waals surface area contributed by atoms with Crippen LogP contribution in [0.25, 0.3) is 0 Å². The highest BCUT2D eigenvalue weighted by Gasteiger charge is 2.16. The van der Waals surface area contributed by atoms with Gasteiger partial charge in [0.05, 0.1) is 19.3 Å². The normalized spacial score (nSPS) is 11.6. The van der Waals surface area contributed by atoms with Gasteiger partial charge in [-0.1, -0.05) is 37.3 Å². The highest BCUT2D eigenvalue weighted by Crippen LogP contribution is 2.14. The van der Waals surface area contributed by atoms with Crippen molar-refractivity contribution < 1.29 is 19.1 Å². The number of ketones is 1. The molecule has 0 aromatic heterocycles. The Kier molecular flexibility index (Phi) is 5.92.